The minimum atomic E-state index is 0.560. The molecule has 0 N–H and O–H groups in total. The van der Waals surface area contributed by atoms with Crippen LogP contribution in [0.15, 0.2) is 91.0 Å². The molecule has 134 valence electrons. The Kier molecular flexibility index (Phi) is 5.06. The van der Waals surface area contributed by atoms with Gasteiger partial charge in [0.25, 0.3) is 0 Å². The Bertz CT molecular complexity index is 1040. The monoisotopic (exact) mass is 354 g/mol. The maximum atomic E-state index is 6.23. The summed E-state index contributed by atoms with van der Waals surface area (Å²) >= 11 is 0. The molecule has 4 aromatic carbocycles. The molecule has 4 rings (SSSR count). The maximum Gasteiger partial charge on any atom is 0.123 e. The summed E-state index contributed by atoms with van der Waals surface area (Å²) in [6, 6.07) is 31.2. The van der Waals surface area contributed by atoms with Crippen LogP contribution in [0, 0.1) is 0 Å². The van der Waals surface area contributed by atoms with Crippen LogP contribution in [0.5, 0.6) is 11.5 Å². The fourth-order valence-electron chi connectivity index (χ4n) is 3.28. The molecule has 4 aromatic rings. The Hall–Kier alpha value is -3.26. The lowest BCUT2D eigenvalue weighted by Gasteiger charge is -2.14. The third-order valence-electron chi connectivity index (χ3n) is 4.69. The third kappa shape index (κ3) is 4.12. The van der Waals surface area contributed by atoms with Crippen molar-refractivity contribution in [1.29, 1.82) is 0 Å². The van der Waals surface area contributed by atoms with Crippen molar-refractivity contribution in [3.8, 4) is 11.5 Å². The highest BCUT2D eigenvalue weighted by Gasteiger charge is 2.09. The van der Waals surface area contributed by atoms with Gasteiger partial charge in [-0.25, -0.2) is 0 Å². The molecule has 2 nitrogen and oxygen atoms in total. The van der Waals surface area contributed by atoms with Crippen molar-refractivity contribution in [2.24, 2.45) is 0 Å². The van der Waals surface area contributed by atoms with Gasteiger partial charge in [-0.3, -0.25) is 0 Å². The highest BCUT2D eigenvalue weighted by Crippen LogP contribution is 2.29. The van der Waals surface area contributed by atoms with Crippen molar-refractivity contribution in [2.45, 2.75) is 13.0 Å². The lowest BCUT2D eigenvalue weighted by atomic mass is 10.00. The molecular formula is C25H22O2. The van der Waals surface area contributed by atoms with Crippen LogP contribution in [0.4, 0.5) is 0 Å². The standard InChI is InChI=1S/C25H22O2/c1-26-24-13-7-10-20(15-24)14-23-16-21-11-5-6-12-22(21)17-25(23)27-18-19-8-3-2-4-9-19/h2-13,15-17H,14,18H2,1H3. The molecule has 27 heavy (non-hydrogen) atoms. The van der Waals surface area contributed by atoms with E-state index in [9.17, 15) is 0 Å². The molecule has 0 saturated heterocycles. The predicted octanol–water partition coefficient (Wildman–Crippen LogP) is 6.02. The molecule has 0 aliphatic rings. The molecular weight excluding hydrogens is 332 g/mol. The second-order valence-electron chi connectivity index (χ2n) is 6.61. The number of benzene rings is 4. The number of hydrogen-bond donors (Lipinski definition) is 0. The first-order valence-electron chi connectivity index (χ1n) is 9.13. The normalized spacial score (nSPS) is 10.7. The highest BCUT2D eigenvalue weighted by molar-refractivity contribution is 5.85. The Morgan fingerprint density at radius 3 is 2.15 bits per heavy atom. The lowest BCUT2D eigenvalue weighted by molar-refractivity contribution is 0.304. The molecule has 0 aromatic heterocycles. The number of rotatable bonds is 6. The number of hydrogen-bond acceptors (Lipinski definition) is 2. The zero-order valence-electron chi connectivity index (χ0n) is 15.4. The summed E-state index contributed by atoms with van der Waals surface area (Å²) < 4.78 is 11.6. The zero-order valence-corrected chi connectivity index (χ0v) is 15.4. The van der Waals surface area contributed by atoms with Crippen molar-refractivity contribution < 1.29 is 9.47 Å². The van der Waals surface area contributed by atoms with E-state index in [0.29, 0.717) is 6.61 Å². The smallest absolute Gasteiger partial charge is 0.123 e. The molecule has 0 saturated carbocycles. The molecule has 2 heteroatoms. The van der Waals surface area contributed by atoms with Gasteiger partial charge in [0.1, 0.15) is 18.1 Å². The van der Waals surface area contributed by atoms with E-state index in [-0.39, 0.29) is 0 Å². The van der Waals surface area contributed by atoms with Crippen molar-refractivity contribution in [2.75, 3.05) is 7.11 Å². The van der Waals surface area contributed by atoms with Gasteiger partial charge in [0.05, 0.1) is 7.11 Å². The SMILES string of the molecule is COc1cccc(Cc2cc3ccccc3cc2OCc2ccccc2)c1. The minimum absolute atomic E-state index is 0.560. The van der Waals surface area contributed by atoms with E-state index in [4.69, 9.17) is 9.47 Å². The van der Waals surface area contributed by atoms with E-state index in [0.717, 1.165) is 23.5 Å². The first kappa shape index (κ1) is 17.2. The van der Waals surface area contributed by atoms with Gasteiger partial charge in [-0.2, -0.15) is 0 Å². The summed E-state index contributed by atoms with van der Waals surface area (Å²) in [4.78, 5) is 0. The van der Waals surface area contributed by atoms with Gasteiger partial charge >= 0.3 is 0 Å². The first-order chi connectivity index (χ1) is 13.3. The second-order valence-corrected chi connectivity index (χ2v) is 6.61. The Morgan fingerprint density at radius 2 is 1.37 bits per heavy atom. The number of fused-ring (bicyclic) bond motifs is 1. The fraction of sp³-hybridized carbons (Fsp3) is 0.120. The molecule has 0 aliphatic carbocycles. The van der Waals surface area contributed by atoms with Crippen LogP contribution < -0.4 is 9.47 Å². The van der Waals surface area contributed by atoms with E-state index in [1.807, 2.05) is 30.3 Å². The molecule has 0 atom stereocenters. The van der Waals surface area contributed by atoms with E-state index < -0.39 is 0 Å². The van der Waals surface area contributed by atoms with Crippen LogP contribution >= 0.6 is 0 Å². The third-order valence-corrected chi connectivity index (χ3v) is 4.69. The average molecular weight is 354 g/mol. The first-order valence-corrected chi connectivity index (χ1v) is 9.13. The van der Waals surface area contributed by atoms with Crippen molar-refractivity contribution in [3.63, 3.8) is 0 Å². The van der Waals surface area contributed by atoms with Crippen LogP contribution in [-0.2, 0) is 13.0 Å². The summed E-state index contributed by atoms with van der Waals surface area (Å²) in [5, 5.41) is 2.41. The Labute approximate surface area is 160 Å². The van der Waals surface area contributed by atoms with E-state index in [1.165, 1.54) is 21.9 Å². The van der Waals surface area contributed by atoms with Gasteiger partial charge in [-0.1, -0.05) is 66.7 Å². The van der Waals surface area contributed by atoms with E-state index >= 15 is 0 Å². The van der Waals surface area contributed by atoms with Gasteiger partial charge in [0, 0.05) is 6.42 Å². The summed E-state index contributed by atoms with van der Waals surface area (Å²) in [5.41, 5.74) is 3.55. The summed E-state index contributed by atoms with van der Waals surface area (Å²) in [6.45, 7) is 0.560. The molecule has 0 spiro atoms. The Balaban J connectivity index is 1.67. The van der Waals surface area contributed by atoms with Crippen molar-refractivity contribution in [1.82, 2.24) is 0 Å². The largest absolute Gasteiger partial charge is 0.497 e. The summed E-state index contributed by atoms with van der Waals surface area (Å²) in [6.07, 6.45) is 0.798. The van der Waals surface area contributed by atoms with Gasteiger partial charge < -0.3 is 9.47 Å². The van der Waals surface area contributed by atoms with Crippen LogP contribution in [0.3, 0.4) is 0 Å². The predicted molar refractivity (Wildman–Crippen MR) is 111 cm³/mol. The lowest BCUT2D eigenvalue weighted by Crippen LogP contribution is -2.00. The fourth-order valence-corrected chi connectivity index (χ4v) is 3.28. The van der Waals surface area contributed by atoms with Gasteiger partial charge in [0.2, 0.25) is 0 Å². The molecule has 0 fully saturated rings. The molecule has 0 amide bonds. The summed E-state index contributed by atoms with van der Waals surface area (Å²) in [5.74, 6) is 1.81. The van der Waals surface area contributed by atoms with Crippen LogP contribution in [-0.4, -0.2) is 7.11 Å². The molecule has 0 bridgehead atoms. The van der Waals surface area contributed by atoms with Gasteiger partial charge in [-0.05, 0) is 51.7 Å². The average Bonchev–Trinajstić information content (AvgIpc) is 2.73. The van der Waals surface area contributed by atoms with E-state index in [2.05, 4.69) is 60.7 Å². The van der Waals surface area contributed by atoms with Gasteiger partial charge in [-0.15, -0.1) is 0 Å². The van der Waals surface area contributed by atoms with Crippen molar-refractivity contribution in [3.05, 3.63) is 108 Å². The molecule has 0 heterocycles. The highest BCUT2D eigenvalue weighted by atomic mass is 16.5. The second kappa shape index (κ2) is 7.96. The van der Waals surface area contributed by atoms with Crippen LogP contribution in [0.25, 0.3) is 10.8 Å². The molecule has 0 unspecified atom stereocenters. The van der Waals surface area contributed by atoms with Gasteiger partial charge in [0.15, 0.2) is 0 Å². The Morgan fingerprint density at radius 1 is 0.667 bits per heavy atom. The summed E-state index contributed by atoms with van der Waals surface area (Å²) in [7, 11) is 1.70. The van der Waals surface area contributed by atoms with E-state index in [1.54, 1.807) is 7.11 Å². The van der Waals surface area contributed by atoms with Crippen LogP contribution in [0.1, 0.15) is 16.7 Å². The quantitative estimate of drug-likeness (QED) is 0.422. The maximum absolute atomic E-state index is 6.23. The zero-order chi connectivity index (χ0) is 18.5. The molecule has 0 aliphatic heterocycles. The topological polar surface area (TPSA) is 18.5 Å². The number of methoxy groups -OCH3 is 1. The van der Waals surface area contributed by atoms with Crippen LogP contribution in [0.2, 0.25) is 0 Å². The van der Waals surface area contributed by atoms with Crippen molar-refractivity contribution >= 4 is 10.8 Å². The minimum Gasteiger partial charge on any atom is -0.497 e. The number of ether oxygens (including phenoxy) is 2. The molecule has 0 radical (unpaired) electrons.